The first-order valence-corrected chi connectivity index (χ1v) is 7.65. The van der Waals surface area contributed by atoms with Crippen LogP contribution in [0.1, 0.15) is 49.5 Å². The summed E-state index contributed by atoms with van der Waals surface area (Å²) in [5, 5.41) is 3.51. The highest BCUT2D eigenvalue weighted by molar-refractivity contribution is 5.25. The van der Waals surface area contributed by atoms with E-state index in [9.17, 15) is 0 Å². The van der Waals surface area contributed by atoms with Gasteiger partial charge in [-0.15, -0.1) is 0 Å². The predicted molar refractivity (Wildman–Crippen MR) is 87.0 cm³/mol. The smallest absolute Gasteiger partial charge is 0.125 e. The Morgan fingerprint density at radius 2 is 1.76 bits per heavy atom. The summed E-state index contributed by atoms with van der Waals surface area (Å²) in [5.74, 6) is 1.52. The molecule has 0 radical (unpaired) electrons. The minimum Gasteiger partial charge on any atom is -0.305 e. The van der Waals surface area contributed by atoms with Crippen LogP contribution >= 0.6 is 0 Å². The Labute approximate surface area is 127 Å². The van der Waals surface area contributed by atoms with Crippen molar-refractivity contribution in [1.82, 2.24) is 15.3 Å². The lowest BCUT2D eigenvalue weighted by Gasteiger charge is -2.15. The fraction of sp³-hybridized carbons (Fsp3) is 0.444. The van der Waals surface area contributed by atoms with E-state index in [4.69, 9.17) is 0 Å². The molecule has 0 saturated carbocycles. The predicted octanol–water partition coefficient (Wildman–Crippen LogP) is 3.83. The van der Waals surface area contributed by atoms with Gasteiger partial charge in [-0.1, -0.05) is 38.1 Å². The molecule has 21 heavy (non-hydrogen) atoms. The Kier molecular flexibility index (Phi) is 5.45. The summed E-state index contributed by atoms with van der Waals surface area (Å²) in [5.41, 5.74) is 3.76. The van der Waals surface area contributed by atoms with Gasteiger partial charge in [0, 0.05) is 18.8 Å². The maximum atomic E-state index is 4.41. The number of benzene rings is 1. The summed E-state index contributed by atoms with van der Waals surface area (Å²) >= 11 is 0. The van der Waals surface area contributed by atoms with Crippen LogP contribution in [0.15, 0.2) is 36.5 Å². The third-order valence-electron chi connectivity index (χ3n) is 3.55. The topological polar surface area (TPSA) is 37.8 Å². The van der Waals surface area contributed by atoms with E-state index in [1.54, 1.807) is 0 Å². The largest absolute Gasteiger partial charge is 0.305 e. The first kappa shape index (κ1) is 15.6. The van der Waals surface area contributed by atoms with Crippen LogP contribution in [-0.4, -0.2) is 9.97 Å². The van der Waals surface area contributed by atoms with Gasteiger partial charge in [0.15, 0.2) is 0 Å². The zero-order chi connectivity index (χ0) is 15.2. The molecule has 2 rings (SSSR count). The van der Waals surface area contributed by atoms with E-state index in [-0.39, 0.29) is 0 Å². The van der Waals surface area contributed by atoms with E-state index in [0.717, 1.165) is 24.5 Å². The number of aromatic nitrogens is 2. The van der Waals surface area contributed by atoms with Crippen LogP contribution in [0.25, 0.3) is 0 Å². The number of nitrogens with zero attached hydrogens (tertiary/aromatic N) is 2. The molecule has 0 spiro atoms. The van der Waals surface area contributed by atoms with Gasteiger partial charge in [-0.3, -0.25) is 0 Å². The average molecular weight is 283 g/mol. The number of aryl methyl sites for hydroxylation is 1. The molecule has 0 saturated heterocycles. The van der Waals surface area contributed by atoms with Crippen molar-refractivity contribution in [1.29, 1.82) is 0 Å². The Morgan fingerprint density at radius 3 is 2.38 bits per heavy atom. The van der Waals surface area contributed by atoms with Crippen molar-refractivity contribution >= 4 is 0 Å². The molecule has 3 nitrogen and oxygen atoms in total. The molecule has 0 aliphatic carbocycles. The van der Waals surface area contributed by atoms with Crippen LogP contribution in [0.4, 0.5) is 0 Å². The van der Waals surface area contributed by atoms with Gasteiger partial charge < -0.3 is 5.32 Å². The SMILES string of the molecule is Cc1nccc(CNC(C)c2ccc(CC(C)C)cc2)n1. The number of rotatable bonds is 6. The van der Waals surface area contributed by atoms with E-state index < -0.39 is 0 Å². The molecule has 1 heterocycles. The maximum Gasteiger partial charge on any atom is 0.125 e. The van der Waals surface area contributed by atoms with Crippen molar-refractivity contribution in [2.75, 3.05) is 0 Å². The monoisotopic (exact) mass is 283 g/mol. The molecule has 0 fully saturated rings. The summed E-state index contributed by atoms with van der Waals surface area (Å²) < 4.78 is 0. The molecule has 0 aliphatic rings. The Morgan fingerprint density at radius 1 is 1.05 bits per heavy atom. The second kappa shape index (κ2) is 7.32. The van der Waals surface area contributed by atoms with Crippen molar-refractivity contribution in [3.8, 4) is 0 Å². The van der Waals surface area contributed by atoms with E-state index in [0.29, 0.717) is 12.0 Å². The average Bonchev–Trinajstić information content (AvgIpc) is 2.45. The fourth-order valence-electron chi connectivity index (χ4n) is 2.39. The molecule has 1 atom stereocenters. The van der Waals surface area contributed by atoms with Crippen molar-refractivity contribution in [3.05, 3.63) is 59.2 Å². The minimum absolute atomic E-state index is 0.313. The van der Waals surface area contributed by atoms with Crippen LogP contribution in [0.2, 0.25) is 0 Å². The van der Waals surface area contributed by atoms with Crippen molar-refractivity contribution in [2.24, 2.45) is 5.92 Å². The second-order valence-corrected chi connectivity index (χ2v) is 6.04. The van der Waals surface area contributed by atoms with E-state index >= 15 is 0 Å². The second-order valence-electron chi connectivity index (χ2n) is 6.04. The summed E-state index contributed by atoms with van der Waals surface area (Å²) in [6.07, 6.45) is 2.95. The number of hydrogen-bond donors (Lipinski definition) is 1. The highest BCUT2D eigenvalue weighted by Gasteiger charge is 2.06. The lowest BCUT2D eigenvalue weighted by molar-refractivity contribution is 0.565. The third-order valence-corrected chi connectivity index (χ3v) is 3.55. The summed E-state index contributed by atoms with van der Waals surface area (Å²) in [6.45, 7) is 9.37. The van der Waals surface area contributed by atoms with E-state index in [1.165, 1.54) is 11.1 Å². The zero-order valence-electron chi connectivity index (χ0n) is 13.4. The van der Waals surface area contributed by atoms with Gasteiger partial charge in [-0.05, 0) is 43.4 Å². The molecule has 1 N–H and O–H groups in total. The standard InChI is InChI=1S/C18H25N3/c1-13(2)11-16-5-7-17(8-6-16)14(3)20-12-18-9-10-19-15(4)21-18/h5-10,13-14,20H,11-12H2,1-4H3. The van der Waals surface area contributed by atoms with Crippen LogP contribution in [0.3, 0.4) is 0 Å². The Hall–Kier alpha value is -1.74. The Bertz CT molecular complexity index is 561. The molecule has 0 bridgehead atoms. The lowest BCUT2D eigenvalue weighted by atomic mass is 10.00. The van der Waals surface area contributed by atoms with E-state index in [2.05, 4.69) is 60.3 Å². The Balaban J connectivity index is 1.92. The molecule has 1 unspecified atom stereocenters. The van der Waals surface area contributed by atoms with Crippen LogP contribution in [0, 0.1) is 12.8 Å². The molecular weight excluding hydrogens is 258 g/mol. The normalized spacial score (nSPS) is 12.6. The molecular formula is C18H25N3. The van der Waals surface area contributed by atoms with E-state index in [1.807, 2.05) is 19.2 Å². The van der Waals surface area contributed by atoms with Gasteiger partial charge in [0.1, 0.15) is 5.82 Å². The van der Waals surface area contributed by atoms with Gasteiger partial charge >= 0.3 is 0 Å². The van der Waals surface area contributed by atoms with Crippen LogP contribution in [0.5, 0.6) is 0 Å². The number of hydrogen-bond acceptors (Lipinski definition) is 3. The van der Waals surface area contributed by atoms with Crippen molar-refractivity contribution in [2.45, 2.75) is 46.7 Å². The molecule has 2 aromatic rings. The van der Waals surface area contributed by atoms with Gasteiger partial charge in [0.25, 0.3) is 0 Å². The highest BCUT2D eigenvalue weighted by Crippen LogP contribution is 2.16. The molecule has 112 valence electrons. The summed E-state index contributed by atoms with van der Waals surface area (Å²) in [7, 11) is 0. The van der Waals surface area contributed by atoms with Gasteiger partial charge in [-0.25, -0.2) is 9.97 Å². The van der Waals surface area contributed by atoms with Crippen LogP contribution in [-0.2, 0) is 13.0 Å². The lowest BCUT2D eigenvalue weighted by Crippen LogP contribution is -2.19. The highest BCUT2D eigenvalue weighted by atomic mass is 14.9. The van der Waals surface area contributed by atoms with Gasteiger partial charge in [0.05, 0.1) is 5.69 Å². The molecule has 1 aromatic heterocycles. The molecule has 3 heteroatoms. The quantitative estimate of drug-likeness (QED) is 0.875. The van der Waals surface area contributed by atoms with Gasteiger partial charge in [-0.2, -0.15) is 0 Å². The maximum absolute atomic E-state index is 4.41. The third kappa shape index (κ3) is 4.94. The van der Waals surface area contributed by atoms with Gasteiger partial charge in [0.2, 0.25) is 0 Å². The van der Waals surface area contributed by atoms with Crippen molar-refractivity contribution in [3.63, 3.8) is 0 Å². The van der Waals surface area contributed by atoms with Crippen LogP contribution < -0.4 is 5.32 Å². The summed E-state index contributed by atoms with van der Waals surface area (Å²) in [6, 6.07) is 11.2. The number of nitrogens with one attached hydrogen (secondary N) is 1. The molecule has 1 aromatic carbocycles. The summed E-state index contributed by atoms with van der Waals surface area (Å²) in [4.78, 5) is 8.53. The zero-order valence-corrected chi connectivity index (χ0v) is 13.4. The fourth-order valence-corrected chi connectivity index (χ4v) is 2.39. The first-order chi connectivity index (χ1) is 10.0. The van der Waals surface area contributed by atoms with Crippen molar-refractivity contribution < 1.29 is 0 Å². The minimum atomic E-state index is 0.313. The molecule has 0 aliphatic heterocycles. The molecule has 0 amide bonds. The first-order valence-electron chi connectivity index (χ1n) is 7.65.